The SMILES string of the molecule is Cc1nc(-c2cccs2)c(CC(=O)N(C)CCOc2ccccc2)s1. The Labute approximate surface area is 155 Å². The van der Waals surface area contributed by atoms with E-state index in [9.17, 15) is 4.79 Å². The maximum atomic E-state index is 12.5. The highest BCUT2D eigenvalue weighted by Crippen LogP contribution is 2.31. The maximum absolute atomic E-state index is 12.5. The molecular weight excluding hydrogens is 352 g/mol. The van der Waals surface area contributed by atoms with Crippen molar-refractivity contribution in [2.45, 2.75) is 13.3 Å². The fourth-order valence-electron chi connectivity index (χ4n) is 2.41. The fourth-order valence-corrected chi connectivity index (χ4v) is 4.16. The minimum Gasteiger partial charge on any atom is -0.492 e. The second kappa shape index (κ2) is 8.27. The number of carbonyl (C=O) groups excluding carboxylic acids is 1. The summed E-state index contributed by atoms with van der Waals surface area (Å²) >= 11 is 3.25. The number of amides is 1. The average Bonchev–Trinajstić information content (AvgIpc) is 3.25. The van der Waals surface area contributed by atoms with Gasteiger partial charge in [-0.2, -0.15) is 0 Å². The summed E-state index contributed by atoms with van der Waals surface area (Å²) in [6, 6.07) is 13.7. The van der Waals surface area contributed by atoms with Crippen molar-refractivity contribution in [2.75, 3.05) is 20.2 Å². The Hall–Kier alpha value is -2.18. The molecule has 1 amide bonds. The van der Waals surface area contributed by atoms with Gasteiger partial charge in [-0.3, -0.25) is 4.79 Å². The Morgan fingerprint density at radius 1 is 1.20 bits per heavy atom. The number of hydrogen-bond donors (Lipinski definition) is 0. The normalized spacial score (nSPS) is 10.6. The third-order valence-corrected chi connectivity index (χ3v) is 5.58. The van der Waals surface area contributed by atoms with Crippen LogP contribution in [0.1, 0.15) is 9.88 Å². The van der Waals surface area contributed by atoms with Crippen molar-refractivity contribution in [3.8, 4) is 16.3 Å². The van der Waals surface area contributed by atoms with Crippen LogP contribution in [0.15, 0.2) is 47.8 Å². The quantitative estimate of drug-likeness (QED) is 0.622. The summed E-state index contributed by atoms with van der Waals surface area (Å²) in [6.07, 6.45) is 0.376. The molecule has 3 aromatic rings. The van der Waals surface area contributed by atoms with E-state index in [1.807, 2.05) is 61.8 Å². The van der Waals surface area contributed by atoms with Crippen molar-refractivity contribution >= 4 is 28.6 Å². The Bertz CT molecular complexity index is 813. The summed E-state index contributed by atoms with van der Waals surface area (Å²) in [5.74, 6) is 0.902. The molecule has 4 nitrogen and oxygen atoms in total. The standard InChI is InChI=1S/C19H20N2O2S2/c1-14-20-19(16-9-6-12-24-16)17(25-14)13-18(22)21(2)10-11-23-15-7-4-3-5-8-15/h3-9,12H,10-11,13H2,1-2H3. The first-order valence-electron chi connectivity index (χ1n) is 8.05. The number of likely N-dealkylation sites (N-methyl/N-ethyl adjacent to an activating group) is 1. The highest BCUT2D eigenvalue weighted by atomic mass is 32.1. The summed E-state index contributed by atoms with van der Waals surface area (Å²) in [5, 5.41) is 3.02. The highest BCUT2D eigenvalue weighted by molar-refractivity contribution is 7.15. The number of rotatable bonds is 7. The smallest absolute Gasteiger partial charge is 0.227 e. The van der Waals surface area contributed by atoms with Gasteiger partial charge in [0.15, 0.2) is 0 Å². The molecule has 2 aromatic heterocycles. The number of nitrogens with zero attached hydrogens (tertiary/aromatic N) is 2. The van der Waals surface area contributed by atoms with Crippen LogP contribution in [0.4, 0.5) is 0 Å². The number of aryl methyl sites for hydroxylation is 1. The number of aromatic nitrogens is 1. The number of hydrogen-bond acceptors (Lipinski definition) is 5. The van der Waals surface area contributed by atoms with Gasteiger partial charge in [0.1, 0.15) is 12.4 Å². The lowest BCUT2D eigenvalue weighted by molar-refractivity contribution is -0.129. The second-order valence-electron chi connectivity index (χ2n) is 5.64. The van der Waals surface area contributed by atoms with E-state index in [0.29, 0.717) is 19.6 Å². The maximum Gasteiger partial charge on any atom is 0.227 e. The van der Waals surface area contributed by atoms with Crippen LogP contribution in [-0.4, -0.2) is 36.0 Å². The fraction of sp³-hybridized carbons (Fsp3) is 0.263. The number of thiazole rings is 1. The molecule has 3 rings (SSSR count). The van der Waals surface area contributed by atoms with Crippen molar-refractivity contribution in [2.24, 2.45) is 0 Å². The van der Waals surface area contributed by atoms with E-state index in [4.69, 9.17) is 4.74 Å². The van der Waals surface area contributed by atoms with Crippen molar-refractivity contribution < 1.29 is 9.53 Å². The molecule has 0 N–H and O–H groups in total. The lowest BCUT2D eigenvalue weighted by atomic mass is 10.2. The van der Waals surface area contributed by atoms with E-state index >= 15 is 0 Å². The van der Waals surface area contributed by atoms with Gasteiger partial charge < -0.3 is 9.64 Å². The Morgan fingerprint density at radius 2 is 2.00 bits per heavy atom. The van der Waals surface area contributed by atoms with Crippen molar-refractivity contribution in [3.63, 3.8) is 0 Å². The number of para-hydroxylation sites is 1. The molecule has 0 aliphatic carbocycles. The van der Waals surface area contributed by atoms with Crippen molar-refractivity contribution in [1.29, 1.82) is 0 Å². The van der Waals surface area contributed by atoms with Gasteiger partial charge in [0, 0.05) is 11.9 Å². The molecule has 0 saturated carbocycles. The molecule has 0 unspecified atom stereocenters. The molecule has 0 radical (unpaired) electrons. The van der Waals surface area contributed by atoms with Gasteiger partial charge in [-0.1, -0.05) is 24.3 Å². The van der Waals surface area contributed by atoms with Crippen LogP contribution in [0.5, 0.6) is 5.75 Å². The Morgan fingerprint density at radius 3 is 2.72 bits per heavy atom. The molecule has 1 aromatic carbocycles. The van der Waals surface area contributed by atoms with Crippen LogP contribution in [0.3, 0.4) is 0 Å². The molecular formula is C19H20N2O2S2. The van der Waals surface area contributed by atoms with Gasteiger partial charge in [0.2, 0.25) is 5.91 Å². The van der Waals surface area contributed by atoms with E-state index in [-0.39, 0.29) is 5.91 Å². The molecule has 0 spiro atoms. The molecule has 2 heterocycles. The minimum atomic E-state index is 0.0816. The average molecular weight is 373 g/mol. The van der Waals surface area contributed by atoms with E-state index in [2.05, 4.69) is 4.98 Å². The zero-order chi connectivity index (χ0) is 17.6. The van der Waals surface area contributed by atoms with Crippen LogP contribution >= 0.6 is 22.7 Å². The lowest BCUT2D eigenvalue weighted by Gasteiger charge is -2.17. The summed E-state index contributed by atoms with van der Waals surface area (Å²) < 4.78 is 5.66. The first-order valence-corrected chi connectivity index (χ1v) is 9.75. The van der Waals surface area contributed by atoms with Crippen LogP contribution in [-0.2, 0) is 11.2 Å². The number of carbonyl (C=O) groups is 1. The van der Waals surface area contributed by atoms with E-state index in [1.165, 1.54) is 0 Å². The van der Waals surface area contributed by atoms with Gasteiger partial charge in [0.25, 0.3) is 0 Å². The van der Waals surface area contributed by atoms with E-state index < -0.39 is 0 Å². The second-order valence-corrected chi connectivity index (χ2v) is 7.87. The van der Waals surface area contributed by atoms with Gasteiger partial charge in [0.05, 0.1) is 28.5 Å². The first-order chi connectivity index (χ1) is 12.1. The predicted molar refractivity (Wildman–Crippen MR) is 103 cm³/mol. The van der Waals surface area contributed by atoms with Gasteiger partial charge in [-0.25, -0.2) is 4.98 Å². The van der Waals surface area contributed by atoms with Crippen LogP contribution in [0.25, 0.3) is 10.6 Å². The van der Waals surface area contributed by atoms with Crippen LogP contribution < -0.4 is 4.74 Å². The minimum absolute atomic E-state index is 0.0816. The first kappa shape index (κ1) is 17.6. The number of ether oxygens (including phenoxy) is 1. The summed E-state index contributed by atoms with van der Waals surface area (Å²) in [4.78, 5) is 21.0. The molecule has 0 atom stereocenters. The molecule has 0 saturated heterocycles. The third kappa shape index (κ3) is 4.67. The van der Waals surface area contributed by atoms with E-state index in [1.54, 1.807) is 27.6 Å². The molecule has 0 bridgehead atoms. The lowest BCUT2D eigenvalue weighted by Crippen LogP contribution is -2.32. The number of benzene rings is 1. The van der Waals surface area contributed by atoms with Gasteiger partial charge in [-0.05, 0) is 30.5 Å². The van der Waals surface area contributed by atoms with Crippen molar-refractivity contribution in [1.82, 2.24) is 9.88 Å². The highest BCUT2D eigenvalue weighted by Gasteiger charge is 2.17. The van der Waals surface area contributed by atoms with E-state index in [0.717, 1.165) is 26.2 Å². The van der Waals surface area contributed by atoms with Gasteiger partial charge >= 0.3 is 0 Å². The molecule has 0 aliphatic rings. The molecule has 6 heteroatoms. The topological polar surface area (TPSA) is 42.4 Å². The Balaban J connectivity index is 1.57. The number of thiophene rings is 1. The molecule has 0 aliphatic heterocycles. The zero-order valence-corrected chi connectivity index (χ0v) is 15.9. The third-order valence-electron chi connectivity index (χ3n) is 3.74. The summed E-state index contributed by atoms with van der Waals surface area (Å²) in [5.41, 5.74) is 0.944. The van der Waals surface area contributed by atoms with Crippen LogP contribution in [0.2, 0.25) is 0 Å². The van der Waals surface area contributed by atoms with Crippen molar-refractivity contribution in [3.05, 3.63) is 57.7 Å². The summed E-state index contributed by atoms with van der Waals surface area (Å²) in [6.45, 7) is 3.01. The predicted octanol–water partition coefficient (Wildman–Crippen LogP) is 4.26. The Kier molecular flexibility index (Phi) is 5.83. The zero-order valence-electron chi connectivity index (χ0n) is 14.3. The largest absolute Gasteiger partial charge is 0.492 e. The van der Waals surface area contributed by atoms with Crippen LogP contribution in [0, 0.1) is 6.92 Å². The molecule has 25 heavy (non-hydrogen) atoms. The summed E-state index contributed by atoms with van der Waals surface area (Å²) in [7, 11) is 1.81. The monoisotopic (exact) mass is 372 g/mol. The molecule has 130 valence electrons. The molecule has 0 fully saturated rings. The van der Waals surface area contributed by atoms with Gasteiger partial charge in [-0.15, -0.1) is 22.7 Å².